The second-order valence-electron chi connectivity index (χ2n) is 4.99. The molecule has 0 aliphatic rings. The van der Waals surface area contributed by atoms with Crippen molar-refractivity contribution >= 4 is 39.6 Å². The van der Waals surface area contributed by atoms with Crippen molar-refractivity contribution < 1.29 is 14.3 Å². The van der Waals surface area contributed by atoms with Crippen LogP contribution >= 0.6 is 22.7 Å². The molecule has 0 aromatic carbocycles. The minimum absolute atomic E-state index is 0.186. The molecule has 118 valence electrons. The van der Waals surface area contributed by atoms with Crippen LogP contribution in [0.5, 0.6) is 0 Å². The minimum atomic E-state index is -0.391. The Morgan fingerprint density at radius 1 is 1.14 bits per heavy atom. The van der Waals surface area contributed by atoms with Crippen LogP contribution in [0.25, 0.3) is 0 Å². The van der Waals surface area contributed by atoms with E-state index in [9.17, 15) is 9.59 Å². The van der Waals surface area contributed by atoms with Gasteiger partial charge in [0.2, 0.25) is 0 Å². The Bertz CT molecular complexity index is 728. The first-order valence-corrected chi connectivity index (χ1v) is 8.69. The average Bonchev–Trinajstić information content (AvgIpc) is 2.92. The summed E-state index contributed by atoms with van der Waals surface area (Å²) in [6, 6.07) is 0. The lowest BCUT2D eigenvalue weighted by molar-refractivity contribution is 0.0527. The Morgan fingerprint density at radius 3 is 2.36 bits per heavy atom. The molecule has 1 amide bonds. The van der Waals surface area contributed by atoms with Crippen LogP contribution in [0.3, 0.4) is 0 Å². The van der Waals surface area contributed by atoms with Gasteiger partial charge >= 0.3 is 5.97 Å². The molecule has 6 heteroatoms. The number of hydrogen-bond donors (Lipinski definition) is 1. The molecule has 0 bridgehead atoms. The third-order valence-electron chi connectivity index (χ3n) is 3.62. The Kier molecular flexibility index (Phi) is 5.03. The van der Waals surface area contributed by atoms with Crippen LogP contribution in [0.4, 0.5) is 5.00 Å². The molecule has 2 aromatic rings. The molecular formula is C16H19NO3S2. The van der Waals surface area contributed by atoms with E-state index in [-0.39, 0.29) is 5.91 Å². The van der Waals surface area contributed by atoms with Crippen molar-refractivity contribution in [2.45, 2.75) is 34.6 Å². The third-order valence-corrected chi connectivity index (χ3v) is 5.76. The van der Waals surface area contributed by atoms with Crippen LogP contribution in [0, 0.1) is 27.7 Å². The topological polar surface area (TPSA) is 55.4 Å². The zero-order valence-corrected chi connectivity index (χ0v) is 15.0. The predicted octanol–water partition coefficient (Wildman–Crippen LogP) is 4.47. The molecule has 2 rings (SSSR count). The molecule has 0 unspecified atom stereocenters. The fourth-order valence-corrected chi connectivity index (χ4v) is 3.98. The van der Waals surface area contributed by atoms with Gasteiger partial charge in [-0.3, -0.25) is 4.79 Å². The molecule has 22 heavy (non-hydrogen) atoms. The van der Waals surface area contributed by atoms with Crippen LogP contribution in [-0.2, 0) is 4.74 Å². The Hall–Kier alpha value is -1.66. The summed E-state index contributed by atoms with van der Waals surface area (Å²) in [7, 11) is 0. The van der Waals surface area contributed by atoms with Crippen LogP contribution in [0.15, 0.2) is 5.38 Å². The minimum Gasteiger partial charge on any atom is -0.462 e. The van der Waals surface area contributed by atoms with Crippen LogP contribution < -0.4 is 5.32 Å². The third kappa shape index (κ3) is 3.08. The van der Waals surface area contributed by atoms with Gasteiger partial charge in [-0.15, -0.1) is 22.7 Å². The Morgan fingerprint density at radius 2 is 1.82 bits per heavy atom. The number of carbonyl (C=O) groups excluding carboxylic acids is 2. The number of hydrogen-bond acceptors (Lipinski definition) is 5. The highest BCUT2D eigenvalue weighted by Crippen LogP contribution is 2.34. The zero-order chi connectivity index (χ0) is 16.4. The van der Waals surface area contributed by atoms with Gasteiger partial charge < -0.3 is 10.1 Å². The number of anilines is 1. The van der Waals surface area contributed by atoms with Crippen molar-refractivity contribution in [3.05, 3.63) is 37.4 Å². The Labute approximate surface area is 138 Å². The number of rotatable bonds is 4. The van der Waals surface area contributed by atoms with Gasteiger partial charge in [0.1, 0.15) is 5.00 Å². The van der Waals surface area contributed by atoms with Crippen molar-refractivity contribution in [1.82, 2.24) is 0 Å². The number of nitrogens with one attached hydrogen (secondary N) is 1. The quantitative estimate of drug-likeness (QED) is 0.837. The highest BCUT2D eigenvalue weighted by atomic mass is 32.1. The molecule has 1 N–H and O–H groups in total. The normalized spacial score (nSPS) is 10.6. The fraction of sp³-hybridized carbons (Fsp3) is 0.375. The summed E-state index contributed by atoms with van der Waals surface area (Å²) >= 11 is 2.95. The Balaban J connectivity index is 2.33. The van der Waals surface area contributed by atoms with Gasteiger partial charge in [0, 0.05) is 15.1 Å². The monoisotopic (exact) mass is 337 g/mol. The van der Waals surface area contributed by atoms with E-state index in [0.29, 0.717) is 22.7 Å². The number of thiophene rings is 2. The van der Waals surface area contributed by atoms with Crippen molar-refractivity contribution in [2.24, 2.45) is 0 Å². The molecule has 0 aliphatic heterocycles. The lowest BCUT2D eigenvalue weighted by Crippen LogP contribution is -2.15. The van der Waals surface area contributed by atoms with Gasteiger partial charge in [0.05, 0.1) is 17.7 Å². The van der Waals surface area contributed by atoms with E-state index in [1.165, 1.54) is 11.3 Å². The molecule has 4 nitrogen and oxygen atoms in total. The summed E-state index contributed by atoms with van der Waals surface area (Å²) in [5, 5.41) is 5.27. The number of ether oxygens (including phenoxy) is 1. The summed E-state index contributed by atoms with van der Waals surface area (Å²) in [5.74, 6) is -0.577. The summed E-state index contributed by atoms with van der Waals surface area (Å²) in [5.41, 5.74) is 2.95. The van der Waals surface area contributed by atoms with E-state index in [0.717, 1.165) is 20.9 Å². The van der Waals surface area contributed by atoms with Crippen molar-refractivity contribution in [2.75, 3.05) is 11.9 Å². The summed E-state index contributed by atoms with van der Waals surface area (Å²) in [6.45, 7) is 9.79. The number of carbonyl (C=O) groups is 2. The van der Waals surface area contributed by atoms with E-state index in [2.05, 4.69) is 5.32 Å². The van der Waals surface area contributed by atoms with E-state index in [4.69, 9.17) is 4.74 Å². The maximum absolute atomic E-state index is 12.5. The van der Waals surface area contributed by atoms with Gasteiger partial charge in [0.15, 0.2) is 0 Å². The average molecular weight is 337 g/mol. The van der Waals surface area contributed by atoms with E-state index in [1.54, 1.807) is 18.3 Å². The molecule has 0 aliphatic carbocycles. The maximum Gasteiger partial charge on any atom is 0.341 e. The largest absolute Gasteiger partial charge is 0.462 e. The summed E-state index contributed by atoms with van der Waals surface area (Å²) < 4.78 is 5.10. The van der Waals surface area contributed by atoms with Crippen molar-refractivity contribution in [1.29, 1.82) is 0 Å². The van der Waals surface area contributed by atoms with E-state index >= 15 is 0 Å². The lowest BCUT2D eigenvalue weighted by atomic mass is 10.1. The highest BCUT2D eigenvalue weighted by molar-refractivity contribution is 7.17. The standard InChI is InChI=1S/C16H19NO3S2/c1-6-20-16(19)13-9(3)11(5)22-15(13)17-14(18)12-7-21-10(4)8(12)2/h7H,6H2,1-5H3,(H,17,18). The number of esters is 1. The summed E-state index contributed by atoms with van der Waals surface area (Å²) in [4.78, 5) is 26.7. The first-order chi connectivity index (χ1) is 10.4. The van der Waals surface area contributed by atoms with Crippen LogP contribution in [0.1, 0.15) is 48.5 Å². The molecule has 0 fully saturated rings. The van der Waals surface area contributed by atoms with E-state index in [1.807, 2.05) is 33.1 Å². The SMILES string of the molecule is CCOC(=O)c1c(NC(=O)c2csc(C)c2C)sc(C)c1C. The molecule has 0 spiro atoms. The van der Waals surface area contributed by atoms with Gasteiger partial charge in [-0.05, 0) is 45.7 Å². The maximum atomic E-state index is 12.5. The highest BCUT2D eigenvalue weighted by Gasteiger charge is 2.23. The molecule has 0 atom stereocenters. The molecule has 2 aromatic heterocycles. The molecule has 0 saturated heterocycles. The van der Waals surface area contributed by atoms with E-state index < -0.39 is 5.97 Å². The number of aryl methyl sites for hydroxylation is 2. The molecule has 0 saturated carbocycles. The van der Waals surface area contributed by atoms with Gasteiger partial charge in [-0.2, -0.15) is 0 Å². The molecule has 2 heterocycles. The second kappa shape index (κ2) is 6.62. The smallest absolute Gasteiger partial charge is 0.341 e. The fourth-order valence-electron chi connectivity index (χ4n) is 2.07. The van der Waals surface area contributed by atoms with Gasteiger partial charge in [0.25, 0.3) is 5.91 Å². The first kappa shape index (κ1) is 16.7. The predicted molar refractivity (Wildman–Crippen MR) is 91.5 cm³/mol. The first-order valence-electron chi connectivity index (χ1n) is 6.99. The van der Waals surface area contributed by atoms with Gasteiger partial charge in [-0.1, -0.05) is 0 Å². The van der Waals surface area contributed by atoms with Gasteiger partial charge in [-0.25, -0.2) is 4.79 Å². The second-order valence-corrected chi connectivity index (χ2v) is 7.30. The van der Waals surface area contributed by atoms with Crippen LogP contribution in [-0.4, -0.2) is 18.5 Å². The summed E-state index contributed by atoms with van der Waals surface area (Å²) in [6.07, 6.45) is 0. The van der Waals surface area contributed by atoms with Crippen LogP contribution in [0.2, 0.25) is 0 Å². The van der Waals surface area contributed by atoms with Crippen molar-refractivity contribution in [3.63, 3.8) is 0 Å². The van der Waals surface area contributed by atoms with Crippen molar-refractivity contribution in [3.8, 4) is 0 Å². The molecule has 0 radical (unpaired) electrons. The molecular weight excluding hydrogens is 318 g/mol. The zero-order valence-electron chi connectivity index (χ0n) is 13.3. The lowest BCUT2D eigenvalue weighted by Gasteiger charge is -2.07. The number of amides is 1.